The lowest BCUT2D eigenvalue weighted by atomic mass is 9.99. The predicted octanol–water partition coefficient (Wildman–Crippen LogP) is 1.16. The SMILES string of the molecule is CN1C=CC(CS(C)(=O)=O)=c2ccc3c4c([nH]c(=O)c-4c21)=CC(C(=O)O)N3c1ccc(F)cc1. The Morgan fingerprint density at radius 3 is 2.50 bits per heavy atom. The summed E-state index contributed by atoms with van der Waals surface area (Å²) in [7, 11) is -1.61. The van der Waals surface area contributed by atoms with Crippen molar-refractivity contribution in [3.05, 3.63) is 75.4 Å². The van der Waals surface area contributed by atoms with E-state index in [0.717, 1.165) is 6.26 Å². The van der Waals surface area contributed by atoms with Gasteiger partial charge in [0.15, 0.2) is 15.9 Å². The fourth-order valence-electron chi connectivity index (χ4n) is 4.64. The van der Waals surface area contributed by atoms with Crippen LogP contribution in [0.15, 0.2) is 53.5 Å². The molecule has 1 atom stereocenters. The molecule has 0 saturated carbocycles. The Kier molecular flexibility index (Phi) is 4.87. The number of anilines is 3. The Balaban J connectivity index is 1.90. The lowest BCUT2D eigenvalue weighted by Crippen LogP contribution is -2.41. The van der Waals surface area contributed by atoms with Crippen LogP contribution in [0.1, 0.15) is 0 Å². The molecule has 2 N–H and O–H groups in total. The number of benzene rings is 1. The Morgan fingerprint density at radius 2 is 1.85 bits per heavy atom. The number of carboxylic acids is 1. The molecule has 5 rings (SSSR count). The number of halogens is 1. The monoisotopic (exact) mass is 481 g/mol. The predicted molar refractivity (Wildman–Crippen MR) is 128 cm³/mol. The average Bonchev–Trinajstić information content (AvgIpc) is 2.96. The first-order chi connectivity index (χ1) is 16.0. The maximum atomic E-state index is 13.6. The van der Waals surface area contributed by atoms with Crippen LogP contribution in [0.25, 0.3) is 22.8 Å². The number of carboxylic acid groups (broad SMARTS) is 1. The summed E-state index contributed by atoms with van der Waals surface area (Å²) in [6.07, 6.45) is 5.98. The number of nitrogens with zero attached hydrogens (tertiary/aromatic N) is 2. The van der Waals surface area contributed by atoms with E-state index in [0.29, 0.717) is 44.3 Å². The summed E-state index contributed by atoms with van der Waals surface area (Å²) in [6.45, 7) is 0. The van der Waals surface area contributed by atoms with Crippen LogP contribution in [0.4, 0.5) is 21.5 Å². The van der Waals surface area contributed by atoms with Gasteiger partial charge in [0.25, 0.3) is 5.56 Å². The van der Waals surface area contributed by atoms with Crippen molar-refractivity contribution >= 4 is 44.5 Å². The zero-order chi connectivity index (χ0) is 24.4. The molecule has 1 unspecified atom stereocenters. The molecule has 1 aliphatic carbocycles. The number of carbonyl (C=O) groups is 1. The van der Waals surface area contributed by atoms with Crippen LogP contribution in [-0.2, 0) is 14.6 Å². The van der Waals surface area contributed by atoms with Crippen LogP contribution >= 0.6 is 0 Å². The Morgan fingerprint density at radius 1 is 1.15 bits per heavy atom. The number of hydrogen-bond acceptors (Lipinski definition) is 6. The molecule has 0 radical (unpaired) electrons. The van der Waals surface area contributed by atoms with E-state index in [9.17, 15) is 27.5 Å². The number of rotatable bonds is 4. The molecule has 10 heteroatoms. The van der Waals surface area contributed by atoms with E-state index in [1.807, 2.05) is 0 Å². The van der Waals surface area contributed by atoms with Crippen LogP contribution in [0, 0.1) is 5.82 Å². The fourth-order valence-corrected chi connectivity index (χ4v) is 5.45. The number of fused-ring (bicyclic) bond motifs is 2. The van der Waals surface area contributed by atoms with E-state index < -0.39 is 33.2 Å². The summed E-state index contributed by atoms with van der Waals surface area (Å²) in [5, 5.41) is 10.9. The lowest BCUT2D eigenvalue weighted by molar-refractivity contribution is -0.136. The van der Waals surface area contributed by atoms with Crippen LogP contribution in [0.2, 0.25) is 0 Å². The molecule has 3 aliphatic heterocycles. The number of aliphatic carboxylic acids is 1. The molecule has 4 aliphatic rings. The lowest BCUT2D eigenvalue weighted by Gasteiger charge is -2.32. The van der Waals surface area contributed by atoms with Crippen molar-refractivity contribution < 1.29 is 22.7 Å². The van der Waals surface area contributed by atoms with Gasteiger partial charge >= 0.3 is 5.97 Å². The highest BCUT2D eigenvalue weighted by Crippen LogP contribution is 2.39. The Hall–Kier alpha value is -3.92. The van der Waals surface area contributed by atoms with Crippen LogP contribution in [0.5, 0.6) is 0 Å². The molecular weight excluding hydrogens is 461 g/mol. The summed E-state index contributed by atoms with van der Waals surface area (Å²) in [4.78, 5) is 31.4. The molecule has 0 amide bonds. The number of aromatic nitrogens is 1. The van der Waals surface area contributed by atoms with Gasteiger partial charge in [0.2, 0.25) is 0 Å². The Labute approximate surface area is 193 Å². The number of aromatic amines is 1. The van der Waals surface area contributed by atoms with Crippen molar-refractivity contribution in [1.29, 1.82) is 0 Å². The normalized spacial score (nSPS) is 17.0. The van der Waals surface area contributed by atoms with Gasteiger partial charge in [-0.05, 0) is 48.1 Å². The molecule has 174 valence electrons. The topological polar surface area (TPSA) is 111 Å². The summed E-state index contributed by atoms with van der Waals surface area (Å²) in [6, 6.07) is 7.65. The summed E-state index contributed by atoms with van der Waals surface area (Å²) < 4.78 is 37.8. The molecule has 0 saturated heterocycles. The molecule has 0 aromatic heterocycles. The van der Waals surface area contributed by atoms with Crippen LogP contribution in [0.3, 0.4) is 0 Å². The molecule has 1 aromatic rings. The van der Waals surface area contributed by atoms with E-state index in [-0.39, 0.29) is 5.75 Å². The molecule has 3 heterocycles. The summed E-state index contributed by atoms with van der Waals surface area (Å²) in [5.74, 6) is -1.83. The third-order valence-corrected chi connectivity index (χ3v) is 6.82. The van der Waals surface area contributed by atoms with Gasteiger partial charge in [-0.15, -0.1) is 0 Å². The van der Waals surface area contributed by atoms with Crippen molar-refractivity contribution in [3.63, 3.8) is 0 Å². The van der Waals surface area contributed by atoms with E-state index >= 15 is 0 Å². The highest BCUT2D eigenvalue weighted by atomic mass is 32.2. The number of nitrogens with one attached hydrogen (secondary N) is 1. The van der Waals surface area contributed by atoms with Gasteiger partial charge < -0.3 is 19.9 Å². The smallest absolute Gasteiger partial charge is 0.330 e. The van der Waals surface area contributed by atoms with Gasteiger partial charge in [-0.2, -0.15) is 0 Å². The zero-order valence-electron chi connectivity index (χ0n) is 18.2. The molecule has 0 spiro atoms. The number of sulfone groups is 1. The van der Waals surface area contributed by atoms with Crippen LogP contribution < -0.4 is 25.9 Å². The quantitative estimate of drug-likeness (QED) is 0.575. The minimum absolute atomic E-state index is 0.220. The minimum atomic E-state index is -3.37. The van der Waals surface area contributed by atoms with Crippen molar-refractivity contribution in [2.75, 3.05) is 28.9 Å². The summed E-state index contributed by atoms with van der Waals surface area (Å²) >= 11 is 0. The van der Waals surface area contributed by atoms with Crippen molar-refractivity contribution in [3.8, 4) is 11.1 Å². The van der Waals surface area contributed by atoms with E-state index in [4.69, 9.17) is 0 Å². The van der Waals surface area contributed by atoms with Gasteiger partial charge in [-0.25, -0.2) is 17.6 Å². The summed E-state index contributed by atoms with van der Waals surface area (Å²) in [5.41, 5.74) is 2.32. The third-order valence-electron chi connectivity index (χ3n) is 5.99. The molecule has 8 nitrogen and oxygen atoms in total. The largest absolute Gasteiger partial charge is 0.479 e. The molecule has 0 bridgehead atoms. The highest BCUT2D eigenvalue weighted by molar-refractivity contribution is 7.91. The molecular formula is C24H20FN3O5S. The third kappa shape index (κ3) is 3.47. The second-order valence-corrected chi connectivity index (χ2v) is 10.6. The maximum absolute atomic E-state index is 13.6. The first-order valence-electron chi connectivity index (χ1n) is 10.4. The standard InChI is InChI=1S/C24H20FN3O5S/c1-27-10-9-13(12-34(2,32)33)16-7-8-18-20-17(26-23(29)21(20)22(16)27)11-19(24(30)31)28(18)15-5-3-14(25)4-6-15/h3-11,19H,12H2,1-2H3,(H,26,29)(H,30,31). The van der Waals surface area contributed by atoms with E-state index in [1.54, 1.807) is 36.4 Å². The second kappa shape index (κ2) is 7.56. The molecule has 34 heavy (non-hydrogen) atoms. The van der Waals surface area contributed by atoms with Crippen molar-refractivity contribution in [2.45, 2.75) is 6.04 Å². The number of hydrogen-bond donors (Lipinski definition) is 2. The van der Waals surface area contributed by atoms with E-state index in [2.05, 4.69) is 4.98 Å². The minimum Gasteiger partial charge on any atom is -0.479 e. The van der Waals surface area contributed by atoms with Crippen molar-refractivity contribution in [2.24, 2.45) is 0 Å². The zero-order valence-corrected chi connectivity index (χ0v) is 19.1. The Bertz CT molecular complexity index is 1640. The molecule has 1 aromatic carbocycles. The maximum Gasteiger partial charge on any atom is 0.330 e. The molecule has 0 fully saturated rings. The first kappa shape index (κ1) is 21.9. The van der Waals surface area contributed by atoms with Gasteiger partial charge in [0.1, 0.15) is 5.82 Å². The number of allylic oxidation sites excluding steroid dienone is 1. The second-order valence-electron chi connectivity index (χ2n) is 8.42. The van der Waals surface area contributed by atoms with Crippen molar-refractivity contribution in [1.82, 2.24) is 4.98 Å². The van der Waals surface area contributed by atoms with Gasteiger partial charge in [-0.3, -0.25) is 4.79 Å². The average molecular weight is 482 g/mol. The van der Waals surface area contributed by atoms with Gasteiger partial charge in [0, 0.05) is 41.3 Å². The first-order valence-corrected chi connectivity index (χ1v) is 12.4. The number of H-pyrrole nitrogens is 1. The fraction of sp³-hybridized carbons (Fsp3) is 0.167. The highest BCUT2D eigenvalue weighted by Gasteiger charge is 2.35. The van der Waals surface area contributed by atoms with Crippen LogP contribution in [-0.4, -0.2) is 49.6 Å². The van der Waals surface area contributed by atoms with E-state index in [1.165, 1.54) is 35.2 Å². The van der Waals surface area contributed by atoms with Gasteiger partial charge in [-0.1, -0.05) is 6.07 Å². The van der Waals surface area contributed by atoms with Gasteiger partial charge in [0.05, 0.1) is 22.7 Å².